The van der Waals surface area contributed by atoms with E-state index in [0.717, 1.165) is 6.08 Å². The van der Waals surface area contributed by atoms with E-state index in [9.17, 15) is 9.90 Å². The Morgan fingerprint density at radius 1 is 1.39 bits per heavy atom. The summed E-state index contributed by atoms with van der Waals surface area (Å²) in [5.41, 5.74) is 0.449. The van der Waals surface area contributed by atoms with Crippen molar-refractivity contribution in [3.05, 3.63) is 41.6 Å². The summed E-state index contributed by atoms with van der Waals surface area (Å²) < 4.78 is 0. The molecule has 1 aromatic heterocycles. The predicted octanol–water partition coefficient (Wildman–Crippen LogP) is 1.93. The molecule has 0 atom stereocenters. The first-order chi connectivity index (χ1) is 8.63. The van der Waals surface area contributed by atoms with Crippen LogP contribution in [0.3, 0.4) is 0 Å². The van der Waals surface area contributed by atoms with E-state index in [-0.39, 0.29) is 11.3 Å². The van der Waals surface area contributed by atoms with Gasteiger partial charge in [-0.1, -0.05) is 18.2 Å². The zero-order valence-electron chi connectivity index (χ0n) is 9.16. The Labute approximate surface area is 102 Å². The minimum Gasteiger partial charge on any atom is -0.506 e. The SMILES string of the molecule is N#C/C(=C\c1c(O)cnc2ccccc12)C(=O)O. The van der Waals surface area contributed by atoms with Crippen LogP contribution < -0.4 is 0 Å². The maximum atomic E-state index is 10.8. The summed E-state index contributed by atoms with van der Waals surface area (Å²) in [4.78, 5) is 14.8. The Kier molecular flexibility index (Phi) is 2.94. The van der Waals surface area contributed by atoms with E-state index in [1.165, 1.54) is 6.20 Å². The summed E-state index contributed by atoms with van der Waals surface area (Å²) in [6.07, 6.45) is 2.37. The van der Waals surface area contributed by atoms with Crippen LogP contribution in [0.4, 0.5) is 0 Å². The van der Waals surface area contributed by atoms with Crippen LogP contribution in [-0.2, 0) is 4.79 Å². The average Bonchev–Trinajstić information content (AvgIpc) is 2.37. The number of para-hydroxylation sites is 1. The molecular weight excluding hydrogens is 232 g/mol. The number of aliphatic carboxylic acids is 1. The van der Waals surface area contributed by atoms with E-state index in [0.29, 0.717) is 10.9 Å². The fourth-order valence-corrected chi connectivity index (χ4v) is 1.59. The number of carbonyl (C=O) groups is 1. The number of aromatic hydroxyl groups is 1. The average molecular weight is 240 g/mol. The van der Waals surface area contributed by atoms with E-state index in [1.807, 2.05) is 0 Å². The van der Waals surface area contributed by atoms with Gasteiger partial charge in [0.2, 0.25) is 0 Å². The molecule has 88 valence electrons. The fraction of sp³-hybridized carbons (Fsp3) is 0. The molecule has 0 saturated heterocycles. The van der Waals surface area contributed by atoms with Gasteiger partial charge in [-0.3, -0.25) is 4.98 Å². The van der Waals surface area contributed by atoms with Gasteiger partial charge in [-0.2, -0.15) is 5.26 Å². The molecule has 5 nitrogen and oxygen atoms in total. The maximum Gasteiger partial charge on any atom is 0.346 e. The number of nitriles is 1. The Hall–Kier alpha value is -2.87. The van der Waals surface area contributed by atoms with Crippen molar-refractivity contribution in [2.75, 3.05) is 0 Å². The van der Waals surface area contributed by atoms with E-state index < -0.39 is 11.5 Å². The molecule has 0 spiro atoms. The molecule has 2 rings (SSSR count). The molecule has 0 radical (unpaired) electrons. The summed E-state index contributed by atoms with van der Waals surface area (Å²) in [5.74, 6) is -1.50. The van der Waals surface area contributed by atoms with Crippen LogP contribution in [0.15, 0.2) is 36.0 Å². The lowest BCUT2D eigenvalue weighted by Crippen LogP contribution is -1.97. The van der Waals surface area contributed by atoms with Gasteiger partial charge < -0.3 is 10.2 Å². The standard InChI is InChI=1S/C13H8N2O3/c14-6-8(13(17)18)5-10-9-3-1-2-4-11(9)15-7-12(10)16/h1-5,7,16H,(H,17,18)/b8-5+. The van der Waals surface area contributed by atoms with Gasteiger partial charge in [0.1, 0.15) is 17.4 Å². The lowest BCUT2D eigenvalue weighted by Gasteiger charge is -2.04. The summed E-state index contributed by atoms with van der Waals surface area (Å²) in [7, 11) is 0. The number of rotatable bonds is 2. The predicted molar refractivity (Wildman–Crippen MR) is 64.6 cm³/mol. The second-order valence-electron chi connectivity index (χ2n) is 3.55. The first kappa shape index (κ1) is 11.6. The molecule has 18 heavy (non-hydrogen) atoms. The lowest BCUT2D eigenvalue weighted by molar-refractivity contribution is -0.132. The van der Waals surface area contributed by atoms with Gasteiger partial charge in [-0.25, -0.2) is 4.79 Å². The zero-order valence-corrected chi connectivity index (χ0v) is 9.16. The van der Waals surface area contributed by atoms with Crippen molar-refractivity contribution in [3.63, 3.8) is 0 Å². The van der Waals surface area contributed by atoms with Crippen molar-refractivity contribution in [2.45, 2.75) is 0 Å². The number of hydrogen-bond acceptors (Lipinski definition) is 4. The minimum absolute atomic E-state index is 0.164. The number of nitrogens with zero attached hydrogens (tertiary/aromatic N) is 2. The summed E-state index contributed by atoms with van der Waals surface area (Å²) in [6, 6.07) is 8.53. The molecule has 0 fully saturated rings. The number of fused-ring (bicyclic) bond motifs is 1. The van der Waals surface area contributed by atoms with Crippen molar-refractivity contribution in [3.8, 4) is 11.8 Å². The second kappa shape index (κ2) is 4.55. The summed E-state index contributed by atoms with van der Waals surface area (Å²) in [5, 5.41) is 27.8. The Morgan fingerprint density at radius 3 is 2.78 bits per heavy atom. The smallest absolute Gasteiger partial charge is 0.346 e. The molecule has 1 aromatic carbocycles. The molecule has 0 amide bonds. The quantitative estimate of drug-likeness (QED) is 0.617. The van der Waals surface area contributed by atoms with Crippen LogP contribution in [0, 0.1) is 11.3 Å². The highest BCUT2D eigenvalue weighted by Crippen LogP contribution is 2.27. The molecule has 5 heteroatoms. The van der Waals surface area contributed by atoms with Crippen molar-refractivity contribution < 1.29 is 15.0 Å². The first-order valence-electron chi connectivity index (χ1n) is 5.05. The highest BCUT2D eigenvalue weighted by atomic mass is 16.4. The zero-order chi connectivity index (χ0) is 13.1. The summed E-state index contributed by atoms with van der Waals surface area (Å²) in [6.45, 7) is 0. The Balaban J connectivity index is 2.75. The van der Waals surface area contributed by atoms with Gasteiger partial charge in [-0.05, 0) is 12.1 Å². The highest BCUT2D eigenvalue weighted by Gasteiger charge is 2.11. The van der Waals surface area contributed by atoms with Gasteiger partial charge in [-0.15, -0.1) is 0 Å². The fourth-order valence-electron chi connectivity index (χ4n) is 1.59. The van der Waals surface area contributed by atoms with Crippen molar-refractivity contribution in [1.82, 2.24) is 4.98 Å². The van der Waals surface area contributed by atoms with Crippen LogP contribution in [0.25, 0.3) is 17.0 Å². The Bertz CT molecular complexity index is 699. The van der Waals surface area contributed by atoms with Gasteiger partial charge in [0, 0.05) is 10.9 Å². The van der Waals surface area contributed by atoms with Crippen molar-refractivity contribution >= 4 is 22.9 Å². The lowest BCUT2D eigenvalue weighted by atomic mass is 10.1. The van der Waals surface area contributed by atoms with E-state index in [4.69, 9.17) is 10.4 Å². The number of carboxylic acid groups (broad SMARTS) is 1. The second-order valence-corrected chi connectivity index (χ2v) is 3.55. The molecular formula is C13H8N2O3. The molecule has 0 aliphatic carbocycles. The van der Waals surface area contributed by atoms with Gasteiger partial charge in [0.05, 0.1) is 11.7 Å². The minimum atomic E-state index is -1.34. The van der Waals surface area contributed by atoms with Crippen molar-refractivity contribution in [1.29, 1.82) is 5.26 Å². The molecule has 0 unspecified atom stereocenters. The van der Waals surface area contributed by atoms with Gasteiger partial charge in [0.15, 0.2) is 0 Å². The van der Waals surface area contributed by atoms with Gasteiger partial charge in [0.25, 0.3) is 0 Å². The topological polar surface area (TPSA) is 94.2 Å². The van der Waals surface area contributed by atoms with Crippen molar-refractivity contribution in [2.24, 2.45) is 0 Å². The van der Waals surface area contributed by atoms with E-state index in [1.54, 1.807) is 30.3 Å². The van der Waals surface area contributed by atoms with Crippen LogP contribution in [0.5, 0.6) is 5.75 Å². The number of carboxylic acids is 1. The number of benzene rings is 1. The third-order valence-corrected chi connectivity index (χ3v) is 2.44. The third kappa shape index (κ3) is 1.99. The molecule has 0 bridgehead atoms. The first-order valence-corrected chi connectivity index (χ1v) is 5.05. The largest absolute Gasteiger partial charge is 0.506 e. The molecule has 0 aliphatic rings. The molecule has 1 heterocycles. The van der Waals surface area contributed by atoms with Crippen LogP contribution in [-0.4, -0.2) is 21.2 Å². The molecule has 0 saturated carbocycles. The normalized spacial score (nSPS) is 11.2. The highest BCUT2D eigenvalue weighted by molar-refractivity contribution is 6.00. The molecule has 0 aliphatic heterocycles. The monoisotopic (exact) mass is 240 g/mol. The van der Waals surface area contributed by atoms with Gasteiger partial charge >= 0.3 is 5.97 Å². The molecule has 2 N–H and O–H groups in total. The number of hydrogen-bond donors (Lipinski definition) is 2. The summed E-state index contributed by atoms with van der Waals surface area (Å²) >= 11 is 0. The maximum absolute atomic E-state index is 10.8. The number of pyridine rings is 1. The third-order valence-electron chi connectivity index (χ3n) is 2.44. The molecule has 2 aromatic rings. The number of aromatic nitrogens is 1. The van der Waals surface area contributed by atoms with E-state index >= 15 is 0 Å². The van der Waals surface area contributed by atoms with Crippen LogP contribution >= 0.6 is 0 Å². The Morgan fingerprint density at radius 2 is 2.11 bits per heavy atom. The van der Waals surface area contributed by atoms with Crippen LogP contribution in [0.1, 0.15) is 5.56 Å². The van der Waals surface area contributed by atoms with E-state index in [2.05, 4.69) is 4.98 Å². The van der Waals surface area contributed by atoms with Crippen LogP contribution in [0.2, 0.25) is 0 Å².